The van der Waals surface area contributed by atoms with Gasteiger partial charge < -0.3 is 5.32 Å². The largest absolute Gasteiger partial charge is 0.310 e. The molecule has 104 valence electrons. The number of hydrogen-bond acceptors (Lipinski definition) is 2. The van der Waals surface area contributed by atoms with Crippen molar-refractivity contribution in [2.45, 2.75) is 57.2 Å². The van der Waals surface area contributed by atoms with E-state index in [0.29, 0.717) is 6.04 Å². The van der Waals surface area contributed by atoms with Crippen LogP contribution in [-0.4, -0.2) is 36.1 Å². The number of piperidine rings is 1. The molecule has 0 bridgehead atoms. The lowest BCUT2D eigenvalue weighted by molar-refractivity contribution is 0.177. The number of hydrogen-bond donors (Lipinski definition) is 1. The summed E-state index contributed by atoms with van der Waals surface area (Å²) in [6.07, 6.45) is 6.71. The van der Waals surface area contributed by atoms with Crippen LogP contribution in [0.2, 0.25) is 0 Å². The van der Waals surface area contributed by atoms with Crippen LogP contribution < -0.4 is 5.32 Å². The molecule has 2 heteroatoms. The monoisotopic (exact) mass is 258 g/mol. The van der Waals surface area contributed by atoms with Gasteiger partial charge in [-0.25, -0.2) is 0 Å². The van der Waals surface area contributed by atoms with Gasteiger partial charge in [0, 0.05) is 24.7 Å². The van der Waals surface area contributed by atoms with Crippen molar-refractivity contribution >= 4 is 0 Å². The first kappa shape index (κ1) is 13.1. The van der Waals surface area contributed by atoms with E-state index in [-0.39, 0.29) is 0 Å². The van der Waals surface area contributed by atoms with Gasteiger partial charge in [-0.1, -0.05) is 36.8 Å². The highest BCUT2D eigenvalue weighted by Crippen LogP contribution is 2.27. The van der Waals surface area contributed by atoms with Crippen LogP contribution in [0.5, 0.6) is 0 Å². The summed E-state index contributed by atoms with van der Waals surface area (Å²) < 4.78 is 0. The van der Waals surface area contributed by atoms with Crippen molar-refractivity contribution < 1.29 is 0 Å². The second-order valence-electron chi connectivity index (χ2n) is 6.25. The smallest absolute Gasteiger partial charge is 0.0249 e. The third-order valence-corrected chi connectivity index (χ3v) is 4.74. The fourth-order valence-corrected chi connectivity index (χ4v) is 3.83. The molecule has 3 atom stereocenters. The quantitative estimate of drug-likeness (QED) is 0.893. The highest BCUT2D eigenvalue weighted by molar-refractivity contribution is 5.15. The summed E-state index contributed by atoms with van der Waals surface area (Å²) in [4.78, 5) is 2.70. The van der Waals surface area contributed by atoms with E-state index in [0.717, 1.165) is 18.5 Å². The van der Waals surface area contributed by atoms with Crippen LogP contribution in [-0.2, 0) is 6.42 Å². The fourth-order valence-electron chi connectivity index (χ4n) is 3.83. The van der Waals surface area contributed by atoms with E-state index in [1.54, 1.807) is 0 Å². The predicted octanol–water partition coefficient (Wildman–Crippen LogP) is 2.83. The molecule has 0 aliphatic carbocycles. The second-order valence-corrected chi connectivity index (χ2v) is 6.25. The van der Waals surface area contributed by atoms with E-state index >= 15 is 0 Å². The van der Waals surface area contributed by atoms with Crippen LogP contribution in [0.25, 0.3) is 0 Å². The van der Waals surface area contributed by atoms with Gasteiger partial charge in [0.25, 0.3) is 0 Å². The Morgan fingerprint density at radius 1 is 1.16 bits per heavy atom. The van der Waals surface area contributed by atoms with Crippen LogP contribution in [0.1, 0.15) is 38.2 Å². The number of rotatable bonds is 4. The molecule has 1 aromatic carbocycles. The van der Waals surface area contributed by atoms with Gasteiger partial charge in [-0.15, -0.1) is 0 Å². The first-order valence-electron chi connectivity index (χ1n) is 7.87. The Morgan fingerprint density at radius 3 is 2.84 bits per heavy atom. The lowest BCUT2D eigenvalue weighted by Gasteiger charge is -2.33. The molecule has 1 N–H and O–H groups in total. The Hall–Kier alpha value is -0.860. The van der Waals surface area contributed by atoms with Gasteiger partial charge in [0.05, 0.1) is 0 Å². The molecule has 1 aromatic rings. The summed E-state index contributed by atoms with van der Waals surface area (Å²) >= 11 is 0. The zero-order valence-electron chi connectivity index (χ0n) is 12.0. The highest BCUT2D eigenvalue weighted by Gasteiger charge is 2.35. The molecule has 0 spiro atoms. The van der Waals surface area contributed by atoms with Crippen LogP contribution in [0, 0.1) is 0 Å². The third-order valence-electron chi connectivity index (χ3n) is 4.74. The third kappa shape index (κ3) is 3.18. The summed E-state index contributed by atoms with van der Waals surface area (Å²) in [7, 11) is 0. The molecule has 0 radical (unpaired) electrons. The number of nitrogens with one attached hydrogen (secondary N) is 1. The van der Waals surface area contributed by atoms with Gasteiger partial charge in [-0.05, 0) is 44.7 Å². The minimum atomic E-state index is 0.578. The Balaban J connectivity index is 1.53. The normalized spacial score (nSPS) is 29.1. The SMILES string of the molecule is CC(Cc1ccccc1)NC1CCN2CCCCC12. The zero-order valence-corrected chi connectivity index (χ0v) is 12.0. The van der Waals surface area contributed by atoms with E-state index in [4.69, 9.17) is 0 Å². The predicted molar refractivity (Wildman–Crippen MR) is 80.4 cm³/mol. The first-order valence-corrected chi connectivity index (χ1v) is 7.87. The molecule has 0 amide bonds. The van der Waals surface area contributed by atoms with E-state index < -0.39 is 0 Å². The van der Waals surface area contributed by atoms with Gasteiger partial charge in [-0.3, -0.25) is 4.90 Å². The van der Waals surface area contributed by atoms with Crippen LogP contribution in [0.4, 0.5) is 0 Å². The van der Waals surface area contributed by atoms with Crippen molar-refractivity contribution in [1.82, 2.24) is 10.2 Å². The summed E-state index contributed by atoms with van der Waals surface area (Å²) in [5, 5.41) is 3.88. The molecule has 2 saturated heterocycles. The van der Waals surface area contributed by atoms with Crippen molar-refractivity contribution in [2.24, 2.45) is 0 Å². The lowest BCUT2D eigenvalue weighted by atomic mass is 9.97. The fraction of sp³-hybridized carbons (Fsp3) is 0.647. The van der Waals surface area contributed by atoms with Crippen molar-refractivity contribution in [2.75, 3.05) is 13.1 Å². The molecular weight excluding hydrogens is 232 g/mol. The average Bonchev–Trinajstić information content (AvgIpc) is 2.83. The van der Waals surface area contributed by atoms with Gasteiger partial charge >= 0.3 is 0 Å². The van der Waals surface area contributed by atoms with Crippen molar-refractivity contribution in [1.29, 1.82) is 0 Å². The molecule has 2 aliphatic rings. The maximum Gasteiger partial charge on any atom is 0.0249 e. The second kappa shape index (κ2) is 6.06. The van der Waals surface area contributed by atoms with E-state index in [2.05, 4.69) is 47.5 Å². The molecule has 2 aliphatic heterocycles. The topological polar surface area (TPSA) is 15.3 Å². The van der Waals surface area contributed by atoms with Gasteiger partial charge in [-0.2, -0.15) is 0 Å². The van der Waals surface area contributed by atoms with E-state index in [9.17, 15) is 0 Å². The molecule has 3 unspecified atom stereocenters. The summed E-state index contributed by atoms with van der Waals surface area (Å²) in [6.45, 7) is 4.97. The minimum Gasteiger partial charge on any atom is -0.310 e. The first-order chi connectivity index (χ1) is 9.33. The molecule has 0 aromatic heterocycles. The summed E-state index contributed by atoms with van der Waals surface area (Å²) in [6, 6.07) is 13.0. The Kier molecular flexibility index (Phi) is 4.19. The standard InChI is InChI=1S/C17H26N2/c1-14(13-15-7-3-2-4-8-15)18-16-10-12-19-11-6-5-9-17(16)19/h2-4,7-8,14,16-18H,5-6,9-13H2,1H3. The van der Waals surface area contributed by atoms with Crippen molar-refractivity contribution in [3.05, 3.63) is 35.9 Å². The van der Waals surface area contributed by atoms with Crippen LogP contribution in [0.15, 0.2) is 30.3 Å². The molecular formula is C17H26N2. The van der Waals surface area contributed by atoms with Crippen molar-refractivity contribution in [3.63, 3.8) is 0 Å². The maximum atomic E-state index is 3.88. The van der Waals surface area contributed by atoms with Gasteiger partial charge in [0.1, 0.15) is 0 Å². The molecule has 2 heterocycles. The molecule has 19 heavy (non-hydrogen) atoms. The van der Waals surface area contributed by atoms with Crippen molar-refractivity contribution in [3.8, 4) is 0 Å². The Morgan fingerprint density at radius 2 is 2.00 bits per heavy atom. The summed E-state index contributed by atoms with van der Waals surface area (Å²) in [5.41, 5.74) is 1.45. The number of benzene rings is 1. The Labute approximate surface area is 117 Å². The number of fused-ring (bicyclic) bond motifs is 1. The van der Waals surface area contributed by atoms with E-state index in [1.165, 1.54) is 44.3 Å². The average molecular weight is 258 g/mol. The summed E-state index contributed by atoms with van der Waals surface area (Å²) in [5.74, 6) is 0. The molecule has 2 fully saturated rings. The number of nitrogens with zero attached hydrogens (tertiary/aromatic N) is 1. The molecule has 3 rings (SSSR count). The minimum absolute atomic E-state index is 0.578. The van der Waals surface area contributed by atoms with E-state index in [1.807, 2.05) is 0 Å². The highest BCUT2D eigenvalue weighted by atomic mass is 15.2. The van der Waals surface area contributed by atoms with Crippen LogP contribution >= 0.6 is 0 Å². The molecule has 2 nitrogen and oxygen atoms in total. The van der Waals surface area contributed by atoms with Crippen LogP contribution in [0.3, 0.4) is 0 Å². The zero-order chi connectivity index (χ0) is 13.1. The Bertz CT molecular complexity index is 390. The molecule has 0 saturated carbocycles. The van der Waals surface area contributed by atoms with Gasteiger partial charge in [0.15, 0.2) is 0 Å². The van der Waals surface area contributed by atoms with Gasteiger partial charge in [0.2, 0.25) is 0 Å². The maximum absolute atomic E-state index is 3.88. The lowest BCUT2D eigenvalue weighted by Crippen LogP contribution is -2.48.